The predicted molar refractivity (Wildman–Crippen MR) is 102 cm³/mol. The molecular formula is C20H22ClFN2O2. The SMILES string of the molecule is CCCc1ccc(Oc2ccc(/C=C(\F)[C@H](C)NC(C)=O)cn2)c(Cl)c1. The zero-order valence-corrected chi connectivity index (χ0v) is 15.8. The molecule has 0 spiro atoms. The lowest BCUT2D eigenvalue weighted by molar-refractivity contribution is -0.119. The van der Waals surface area contributed by atoms with E-state index in [9.17, 15) is 9.18 Å². The third kappa shape index (κ3) is 5.85. The fourth-order valence-electron chi connectivity index (χ4n) is 2.38. The van der Waals surface area contributed by atoms with Gasteiger partial charge in [-0.3, -0.25) is 4.79 Å². The van der Waals surface area contributed by atoms with Crippen LogP contribution in [0, 0.1) is 0 Å². The van der Waals surface area contributed by atoms with Crippen LogP contribution in [-0.4, -0.2) is 16.9 Å². The van der Waals surface area contributed by atoms with Crippen LogP contribution >= 0.6 is 11.6 Å². The van der Waals surface area contributed by atoms with Crippen LogP contribution in [0.3, 0.4) is 0 Å². The molecule has 4 nitrogen and oxygen atoms in total. The van der Waals surface area contributed by atoms with Crippen LogP contribution in [0.5, 0.6) is 11.6 Å². The van der Waals surface area contributed by atoms with Gasteiger partial charge < -0.3 is 10.1 Å². The van der Waals surface area contributed by atoms with Crippen LogP contribution in [0.25, 0.3) is 6.08 Å². The van der Waals surface area contributed by atoms with Gasteiger partial charge in [0.25, 0.3) is 0 Å². The Kier molecular flexibility index (Phi) is 7.16. The number of ether oxygens (including phenoxy) is 1. The van der Waals surface area contributed by atoms with Crippen molar-refractivity contribution in [2.45, 2.75) is 39.7 Å². The van der Waals surface area contributed by atoms with Crippen molar-refractivity contribution in [2.75, 3.05) is 0 Å². The van der Waals surface area contributed by atoms with Crippen molar-refractivity contribution in [2.24, 2.45) is 0 Å². The molecule has 1 heterocycles. The highest BCUT2D eigenvalue weighted by atomic mass is 35.5. The number of pyridine rings is 1. The lowest BCUT2D eigenvalue weighted by Gasteiger charge is -2.10. The third-order valence-corrected chi connectivity index (χ3v) is 3.94. The first-order valence-electron chi connectivity index (χ1n) is 8.45. The van der Waals surface area contributed by atoms with Crippen molar-refractivity contribution in [1.29, 1.82) is 0 Å². The topological polar surface area (TPSA) is 51.2 Å². The maximum atomic E-state index is 14.0. The third-order valence-electron chi connectivity index (χ3n) is 3.65. The molecule has 2 rings (SSSR count). The average Bonchev–Trinajstić information content (AvgIpc) is 2.58. The van der Waals surface area contributed by atoms with Gasteiger partial charge in [-0.1, -0.05) is 31.0 Å². The van der Waals surface area contributed by atoms with E-state index in [4.69, 9.17) is 16.3 Å². The summed E-state index contributed by atoms with van der Waals surface area (Å²) >= 11 is 6.25. The van der Waals surface area contributed by atoms with E-state index in [1.165, 1.54) is 19.2 Å². The summed E-state index contributed by atoms with van der Waals surface area (Å²) in [7, 11) is 0. The van der Waals surface area contributed by atoms with E-state index in [0.717, 1.165) is 18.4 Å². The molecule has 0 unspecified atom stereocenters. The largest absolute Gasteiger partial charge is 0.437 e. The molecule has 1 amide bonds. The van der Waals surface area contributed by atoms with Crippen molar-refractivity contribution in [3.05, 3.63) is 58.5 Å². The summed E-state index contributed by atoms with van der Waals surface area (Å²) in [5.74, 6) is 0.144. The molecule has 0 fully saturated rings. The van der Waals surface area contributed by atoms with Gasteiger partial charge in [-0.05, 0) is 48.7 Å². The number of rotatable bonds is 7. The lowest BCUT2D eigenvalue weighted by Crippen LogP contribution is -2.30. The lowest BCUT2D eigenvalue weighted by atomic mass is 10.1. The van der Waals surface area contributed by atoms with Gasteiger partial charge in [-0.15, -0.1) is 0 Å². The molecule has 1 aromatic carbocycles. The first-order valence-corrected chi connectivity index (χ1v) is 8.83. The summed E-state index contributed by atoms with van der Waals surface area (Å²) in [4.78, 5) is 15.1. The molecule has 1 aromatic heterocycles. The number of aryl methyl sites for hydroxylation is 1. The minimum absolute atomic E-state index is 0.287. The van der Waals surface area contributed by atoms with Gasteiger partial charge in [-0.2, -0.15) is 0 Å². The Morgan fingerprint density at radius 3 is 2.73 bits per heavy atom. The maximum absolute atomic E-state index is 14.0. The summed E-state index contributed by atoms with van der Waals surface area (Å²) in [5, 5.41) is 3.01. The van der Waals surface area contributed by atoms with Gasteiger partial charge in [-0.25, -0.2) is 9.37 Å². The highest BCUT2D eigenvalue weighted by Gasteiger charge is 2.10. The van der Waals surface area contributed by atoms with Crippen LogP contribution in [0.1, 0.15) is 38.3 Å². The second-order valence-electron chi connectivity index (χ2n) is 6.00. The van der Waals surface area contributed by atoms with Crippen LogP contribution in [0.15, 0.2) is 42.4 Å². The average molecular weight is 377 g/mol. The molecule has 6 heteroatoms. The highest BCUT2D eigenvalue weighted by Crippen LogP contribution is 2.29. The first kappa shape index (κ1) is 19.9. The van der Waals surface area contributed by atoms with Crippen LogP contribution in [0.4, 0.5) is 4.39 Å². The van der Waals surface area contributed by atoms with Crippen molar-refractivity contribution < 1.29 is 13.9 Å². The van der Waals surface area contributed by atoms with Crippen molar-refractivity contribution in [3.63, 3.8) is 0 Å². The normalized spacial score (nSPS) is 12.6. The van der Waals surface area contributed by atoms with Crippen LogP contribution in [0.2, 0.25) is 5.02 Å². The Bertz CT molecular complexity index is 791. The van der Waals surface area contributed by atoms with E-state index in [-0.39, 0.29) is 5.91 Å². The predicted octanol–water partition coefficient (Wildman–Crippen LogP) is 5.31. The maximum Gasteiger partial charge on any atom is 0.219 e. The molecule has 1 N–H and O–H groups in total. The van der Waals surface area contributed by atoms with Crippen LogP contribution in [-0.2, 0) is 11.2 Å². The molecule has 26 heavy (non-hydrogen) atoms. The first-order chi connectivity index (χ1) is 12.4. The quantitative estimate of drug-likeness (QED) is 0.711. The van der Waals surface area contributed by atoms with E-state index in [1.807, 2.05) is 18.2 Å². The fourth-order valence-corrected chi connectivity index (χ4v) is 2.62. The van der Waals surface area contributed by atoms with Gasteiger partial charge in [0.2, 0.25) is 11.8 Å². The number of benzene rings is 1. The Morgan fingerprint density at radius 2 is 2.15 bits per heavy atom. The molecular weight excluding hydrogens is 355 g/mol. The molecule has 0 radical (unpaired) electrons. The number of hydrogen-bond donors (Lipinski definition) is 1. The molecule has 2 aromatic rings. The number of carbonyl (C=O) groups excluding carboxylic acids is 1. The monoisotopic (exact) mass is 376 g/mol. The summed E-state index contributed by atoms with van der Waals surface area (Å²) in [6.07, 6.45) is 4.82. The molecule has 0 bridgehead atoms. The Morgan fingerprint density at radius 1 is 1.38 bits per heavy atom. The van der Waals surface area contributed by atoms with E-state index >= 15 is 0 Å². The van der Waals surface area contributed by atoms with Crippen molar-refractivity contribution >= 4 is 23.6 Å². The Balaban J connectivity index is 2.06. The number of aromatic nitrogens is 1. The van der Waals surface area contributed by atoms with E-state index in [1.54, 1.807) is 19.1 Å². The van der Waals surface area contributed by atoms with Gasteiger partial charge in [0, 0.05) is 19.2 Å². The summed E-state index contributed by atoms with van der Waals surface area (Å²) < 4.78 is 19.7. The summed E-state index contributed by atoms with van der Waals surface area (Å²) in [6, 6.07) is 8.30. The van der Waals surface area contributed by atoms with Gasteiger partial charge >= 0.3 is 0 Å². The molecule has 138 valence electrons. The molecule has 0 saturated carbocycles. The van der Waals surface area contributed by atoms with E-state index in [0.29, 0.717) is 22.2 Å². The summed E-state index contributed by atoms with van der Waals surface area (Å²) in [6.45, 7) is 5.03. The molecule has 1 atom stereocenters. The van der Waals surface area contributed by atoms with Gasteiger partial charge in [0.05, 0.1) is 11.1 Å². The molecule has 0 aliphatic rings. The molecule has 0 saturated heterocycles. The minimum atomic E-state index is -0.691. The second-order valence-corrected chi connectivity index (χ2v) is 6.41. The number of nitrogens with one attached hydrogen (secondary N) is 1. The van der Waals surface area contributed by atoms with Gasteiger partial charge in [0.15, 0.2) is 0 Å². The number of halogens is 2. The summed E-state index contributed by atoms with van der Waals surface area (Å²) in [5.41, 5.74) is 1.72. The Hall–Kier alpha value is -2.40. The second kappa shape index (κ2) is 9.34. The highest BCUT2D eigenvalue weighted by molar-refractivity contribution is 6.32. The molecule has 0 aliphatic heterocycles. The zero-order valence-electron chi connectivity index (χ0n) is 15.1. The van der Waals surface area contributed by atoms with E-state index in [2.05, 4.69) is 17.2 Å². The number of nitrogens with zero attached hydrogens (tertiary/aromatic N) is 1. The minimum Gasteiger partial charge on any atom is -0.437 e. The smallest absolute Gasteiger partial charge is 0.219 e. The number of amides is 1. The van der Waals surface area contributed by atoms with Crippen molar-refractivity contribution in [1.82, 2.24) is 10.3 Å². The zero-order chi connectivity index (χ0) is 19.1. The van der Waals surface area contributed by atoms with Crippen LogP contribution < -0.4 is 10.1 Å². The number of hydrogen-bond acceptors (Lipinski definition) is 3. The standard InChI is InChI=1S/C20H22ClFN2O2/c1-4-5-15-6-8-19(17(21)10-15)26-20-9-7-16(12-23-20)11-18(22)13(2)24-14(3)25/h6-13H,4-5H2,1-3H3,(H,24,25)/b18-11-/t13-/m0/s1. The number of carbonyl (C=O) groups is 1. The fraction of sp³-hybridized carbons (Fsp3) is 0.300. The molecule has 0 aliphatic carbocycles. The Labute approximate surface area is 158 Å². The van der Waals surface area contributed by atoms with Gasteiger partial charge in [0.1, 0.15) is 11.6 Å². The van der Waals surface area contributed by atoms with E-state index < -0.39 is 11.9 Å². The van der Waals surface area contributed by atoms with Crippen molar-refractivity contribution in [3.8, 4) is 11.6 Å².